The lowest BCUT2D eigenvalue weighted by molar-refractivity contribution is 0.105. The molecule has 0 aromatic heterocycles. The first kappa shape index (κ1) is 13.3. The van der Waals surface area contributed by atoms with Crippen LogP contribution in [0.1, 0.15) is 39.0 Å². The molecule has 1 rings (SSSR count). The second-order valence-electron chi connectivity index (χ2n) is 4.20. The Morgan fingerprint density at radius 2 is 2.19 bits per heavy atom. The molecule has 1 atom stereocenters. The van der Waals surface area contributed by atoms with E-state index >= 15 is 0 Å². The molecular formula is C12H25N3O. The van der Waals surface area contributed by atoms with Crippen molar-refractivity contribution < 1.29 is 4.74 Å². The number of hydrogen-bond donors (Lipinski definition) is 2. The number of aliphatic imine (C=N–C) groups is 1. The number of ether oxygens (including phenoxy) is 1. The van der Waals surface area contributed by atoms with E-state index in [9.17, 15) is 0 Å². The third kappa shape index (κ3) is 5.35. The summed E-state index contributed by atoms with van der Waals surface area (Å²) in [6, 6.07) is 0. The van der Waals surface area contributed by atoms with Gasteiger partial charge in [0.05, 0.1) is 6.10 Å². The molecule has 1 fully saturated rings. The summed E-state index contributed by atoms with van der Waals surface area (Å²) in [4.78, 5) is 4.18. The van der Waals surface area contributed by atoms with E-state index in [1.807, 2.05) is 7.05 Å². The van der Waals surface area contributed by atoms with Gasteiger partial charge in [0, 0.05) is 26.7 Å². The second kappa shape index (κ2) is 8.39. The molecule has 94 valence electrons. The fourth-order valence-corrected chi connectivity index (χ4v) is 1.83. The van der Waals surface area contributed by atoms with Crippen molar-refractivity contribution in [1.29, 1.82) is 0 Å². The van der Waals surface area contributed by atoms with E-state index in [0.717, 1.165) is 32.1 Å². The minimum Gasteiger partial charge on any atom is -0.378 e. The molecule has 1 aliphatic heterocycles. The molecule has 1 aliphatic rings. The summed E-state index contributed by atoms with van der Waals surface area (Å²) < 4.78 is 5.57. The number of unbranched alkanes of at least 4 members (excludes halogenated alkanes) is 1. The van der Waals surface area contributed by atoms with Crippen LogP contribution in [0.3, 0.4) is 0 Å². The first-order valence-corrected chi connectivity index (χ1v) is 6.43. The van der Waals surface area contributed by atoms with Gasteiger partial charge < -0.3 is 15.4 Å². The predicted octanol–water partition coefficient (Wildman–Crippen LogP) is 1.52. The van der Waals surface area contributed by atoms with E-state index < -0.39 is 0 Å². The highest BCUT2D eigenvalue weighted by Gasteiger charge is 2.14. The molecule has 0 amide bonds. The number of rotatable bonds is 6. The highest BCUT2D eigenvalue weighted by molar-refractivity contribution is 5.79. The van der Waals surface area contributed by atoms with Crippen LogP contribution in [0.15, 0.2) is 4.99 Å². The van der Waals surface area contributed by atoms with Gasteiger partial charge in [0.1, 0.15) is 0 Å². The van der Waals surface area contributed by atoms with Gasteiger partial charge in [0.15, 0.2) is 5.96 Å². The van der Waals surface area contributed by atoms with Crippen molar-refractivity contribution in [3.8, 4) is 0 Å². The van der Waals surface area contributed by atoms with E-state index in [1.165, 1.54) is 25.7 Å². The molecule has 4 heteroatoms. The Labute approximate surface area is 98.9 Å². The van der Waals surface area contributed by atoms with Crippen LogP contribution in [0.5, 0.6) is 0 Å². The molecule has 1 saturated heterocycles. The van der Waals surface area contributed by atoms with E-state index in [1.54, 1.807) is 0 Å². The van der Waals surface area contributed by atoms with Crippen LogP contribution < -0.4 is 10.6 Å². The quantitative estimate of drug-likeness (QED) is 0.411. The maximum absolute atomic E-state index is 5.57. The van der Waals surface area contributed by atoms with E-state index in [4.69, 9.17) is 4.74 Å². The van der Waals surface area contributed by atoms with Crippen LogP contribution in [-0.2, 0) is 4.74 Å². The molecular weight excluding hydrogens is 202 g/mol. The topological polar surface area (TPSA) is 45.7 Å². The summed E-state index contributed by atoms with van der Waals surface area (Å²) in [5.41, 5.74) is 0. The molecule has 16 heavy (non-hydrogen) atoms. The van der Waals surface area contributed by atoms with Crippen molar-refractivity contribution in [2.75, 3.05) is 26.7 Å². The summed E-state index contributed by atoms with van der Waals surface area (Å²) in [7, 11) is 1.81. The Bertz CT molecular complexity index is 200. The van der Waals surface area contributed by atoms with Crippen molar-refractivity contribution >= 4 is 5.96 Å². The zero-order valence-corrected chi connectivity index (χ0v) is 10.6. The second-order valence-corrected chi connectivity index (χ2v) is 4.20. The lowest BCUT2D eigenvalue weighted by atomic mass is 10.2. The maximum atomic E-state index is 5.57. The van der Waals surface area contributed by atoms with Crippen LogP contribution >= 0.6 is 0 Å². The summed E-state index contributed by atoms with van der Waals surface area (Å²) >= 11 is 0. The Balaban J connectivity index is 2.04. The summed E-state index contributed by atoms with van der Waals surface area (Å²) in [5.74, 6) is 0.909. The van der Waals surface area contributed by atoms with Gasteiger partial charge in [-0.05, 0) is 25.7 Å². The lowest BCUT2D eigenvalue weighted by Gasteiger charge is -2.13. The van der Waals surface area contributed by atoms with Crippen LogP contribution in [-0.4, -0.2) is 38.8 Å². The highest BCUT2D eigenvalue weighted by atomic mass is 16.5. The van der Waals surface area contributed by atoms with E-state index in [2.05, 4.69) is 22.5 Å². The van der Waals surface area contributed by atoms with Gasteiger partial charge in [0.2, 0.25) is 0 Å². The zero-order chi connectivity index (χ0) is 11.6. The van der Waals surface area contributed by atoms with Crippen molar-refractivity contribution in [2.45, 2.75) is 45.1 Å². The number of nitrogens with one attached hydrogen (secondary N) is 2. The SMILES string of the molecule is CCCCNC(=NC)NCCC1CCCO1. The predicted molar refractivity (Wildman–Crippen MR) is 67.9 cm³/mol. The van der Waals surface area contributed by atoms with Gasteiger partial charge in [-0.2, -0.15) is 0 Å². The largest absolute Gasteiger partial charge is 0.378 e. The van der Waals surface area contributed by atoms with E-state index in [0.29, 0.717) is 6.10 Å². The standard InChI is InChI=1S/C12H25N3O/c1-3-4-8-14-12(13-2)15-9-7-11-6-5-10-16-11/h11H,3-10H2,1-2H3,(H2,13,14,15). The van der Waals surface area contributed by atoms with Crippen molar-refractivity contribution in [3.63, 3.8) is 0 Å². The van der Waals surface area contributed by atoms with E-state index in [-0.39, 0.29) is 0 Å². The smallest absolute Gasteiger partial charge is 0.190 e. The van der Waals surface area contributed by atoms with Gasteiger partial charge >= 0.3 is 0 Å². The third-order valence-electron chi connectivity index (χ3n) is 2.83. The van der Waals surface area contributed by atoms with Crippen molar-refractivity contribution in [2.24, 2.45) is 4.99 Å². The molecule has 1 unspecified atom stereocenters. The van der Waals surface area contributed by atoms with Gasteiger partial charge in [-0.3, -0.25) is 4.99 Å². The van der Waals surface area contributed by atoms with Gasteiger partial charge in [-0.25, -0.2) is 0 Å². The summed E-state index contributed by atoms with van der Waals surface area (Å²) in [6.45, 7) is 5.07. The molecule has 0 bridgehead atoms. The molecule has 4 nitrogen and oxygen atoms in total. The average Bonchev–Trinajstić information content (AvgIpc) is 2.80. The summed E-state index contributed by atoms with van der Waals surface area (Å²) in [5, 5.41) is 6.61. The van der Waals surface area contributed by atoms with Crippen LogP contribution in [0.25, 0.3) is 0 Å². The van der Waals surface area contributed by atoms with Crippen LogP contribution in [0.2, 0.25) is 0 Å². The molecule has 0 aliphatic carbocycles. The Kier molecular flexibility index (Phi) is 6.97. The van der Waals surface area contributed by atoms with Crippen LogP contribution in [0.4, 0.5) is 0 Å². The normalized spacial score (nSPS) is 21.1. The first-order valence-electron chi connectivity index (χ1n) is 6.43. The molecule has 0 saturated carbocycles. The number of guanidine groups is 1. The minimum atomic E-state index is 0.459. The maximum Gasteiger partial charge on any atom is 0.190 e. The molecule has 1 heterocycles. The van der Waals surface area contributed by atoms with Crippen molar-refractivity contribution in [3.05, 3.63) is 0 Å². The third-order valence-corrected chi connectivity index (χ3v) is 2.83. The fourth-order valence-electron chi connectivity index (χ4n) is 1.83. The highest BCUT2D eigenvalue weighted by Crippen LogP contribution is 2.14. The molecule has 0 spiro atoms. The van der Waals surface area contributed by atoms with Gasteiger partial charge in [-0.15, -0.1) is 0 Å². The molecule has 0 aromatic carbocycles. The Hall–Kier alpha value is -0.770. The Morgan fingerprint density at radius 3 is 2.81 bits per heavy atom. The monoisotopic (exact) mass is 227 g/mol. The molecule has 2 N–H and O–H groups in total. The van der Waals surface area contributed by atoms with Gasteiger partial charge in [0.25, 0.3) is 0 Å². The number of hydrogen-bond acceptors (Lipinski definition) is 2. The van der Waals surface area contributed by atoms with Crippen molar-refractivity contribution in [1.82, 2.24) is 10.6 Å². The summed E-state index contributed by atoms with van der Waals surface area (Å²) in [6.07, 6.45) is 6.36. The fraction of sp³-hybridized carbons (Fsp3) is 0.917. The molecule has 0 radical (unpaired) electrons. The first-order chi connectivity index (χ1) is 7.86. The lowest BCUT2D eigenvalue weighted by Crippen LogP contribution is -2.38. The average molecular weight is 227 g/mol. The zero-order valence-electron chi connectivity index (χ0n) is 10.6. The Morgan fingerprint density at radius 1 is 1.38 bits per heavy atom. The number of nitrogens with zero attached hydrogens (tertiary/aromatic N) is 1. The van der Waals surface area contributed by atoms with Crippen LogP contribution in [0, 0.1) is 0 Å². The molecule has 0 aromatic rings. The minimum absolute atomic E-state index is 0.459. The van der Waals surface area contributed by atoms with Gasteiger partial charge in [-0.1, -0.05) is 13.3 Å².